The third-order valence-corrected chi connectivity index (χ3v) is 5.81. The van der Waals surface area contributed by atoms with Gasteiger partial charge >= 0.3 is 0 Å². The molecule has 0 aliphatic heterocycles. The van der Waals surface area contributed by atoms with Crippen LogP contribution in [0.1, 0.15) is 76.8 Å². The Balaban J connectivity index is 1.53. The minimum atomic E-state index is 0.684. The summed E-state index contributed by atoms with van der Waals surface area (Å²) in [4.78, 5) is 13.7. The van der Waals surface area contributed by atoms with Crippen molar-refractivity contribution in [2.75, 3.05) is 0 Å². The summed E-state index contributed by atoms with van der Waals surface area (Å²) in [7, 11) is 0. The van der Waals surface area contributed by atoms with E-state index < -0.39 is 0 Å². The topological polar surface area (TPSA) is 38.7 Å². The lowest BCUT2D eigenvalue weighted by molar-refractivity contribution is 0.527. The third kappa shape index (κ3) is 7.57. The van der Waals surface area contributed by atoms with Crippen molar-refractivity contribution in [3.63, 3.8) is 0 Å². The minimum absolute atomic E-state index is 0.684. The van der Waals surface area contributed by atoms with Crippen LogP contribution in [0.2, 0.25) is 0 Å². The monoisotopic (exact) mass is 415 g/mol. The predicted octanol–water partition coefficient (Wildman–Crippen LogP) is 7.70. The number of aromatic nitrogens is 3. The first-order valence-corrected chi connectivity index (χ1v) is 12.0. The van der Waals surface area contributed by atoms with E-state index in [2.05, 4.69) is 66.1 Å². The van der Waals surface area contributed by atoms with Gasteiger partial charge in [0, 0.05) is 24.2 Å². The Morgan fingerprint density at radius 3 is 1.97 bits per heavy atom. The summed E-state index contributed by atoms with van der Waals surface area (Å²) < 4.78 is 0. The van der Waals surface area contributed by atoms with Gasteiger partial charge in [-0.25, -0.2) is 9.97 Å². The van der Waals surface area contributed by atoms with Crippen molar-refractivity contribution in [1.82, 2.24) is 15.0 Å². The van der Waals surface area contributed by atoms with E-state index in [0.717, 1.165) is 35.6 Å². The highest BCUT2D eigenvalue weighted by molar-refractivity contribution is 5.63. The van der Waals surface area contributed by atoms with E-state index in [9.17, 15) is 0 Å². The van der Waals surface area contributed by atoms with Gasteiger partial charge in [0.15, 0.2) is 5.82 Å². The fraction of sp³-hybridized carbons (Fsp3) is 0.464. The largest absolute Gasteiger partial charge is 0.253 e. The van der Waals surface area contributed by atoms with E-state index in [1.807, 2.05) is 24.7 Å². The summed E-state index contributed by atoms with van der Waals surface area (Å²) in [5.41, 5.74) is 5.73. The smallest absolute Gasteiger partial charge is 0.178 e. The SMILES string of the molecule is CCCCCc1ccc(-c2cnc(-c3ccc(CCCCCC(C)C)cn3)nc2)cc1. The van der Waals surface area contributed by atoms with Gasteiger partial charge in [0.05, 0.1) is 0 Å². The van der Waals surface area contributed by atoms with Crippen LogP contribution < -0.4 is 0 Å². The molecule has 164 valence electrons. The molecule has 0 saturated carbocycles. The molecule has 0 atom stereocenters. The molecule has 3 aromatic rings. The van der Waals surface area contributed by atoms with Gasteiger partial charge in [-0.2, -0.15) is 0 Å². The molecule has 2 heterocycles. The maximum absolute atomic E-state index is 4.60. The standard InChI is InChI=1S/C28H37N3/c1-4-5-7-11-23-13-16-25(17-14-23)26-20-30-28(31-21-26)27-18-15-24(19-29-27)12-9-6-8-10-22(2)3/h13-22H,4-12H2,1-3H3. The first kappa shape index (κ1) is 23.1. The van der Waals surface area contributed by atoms with Crippen molar-refractivity contribution < 1.29 is 0 Å². The van der Waals surface area contributed by atoms with Gasteiger partial charge < -0.3 is 0 Å². The lowest BCUT2D eigenvalue weighted by Crippen LogP contribution is -1.94. The second kappa shape index (κ2) is 12.3. The van der Waals surface area contributed by atoms with E-state index in [1.165, 1.54) is 56.1 Å². The zero-order valence-electron chi connectivity index (χ0n) is 19.5. The summed E-state index contributed by atoms with van der Waals surface area (Å²) in [5.74, 6) is 1.49. The van der Waals surface area contributed by atoms with Gasteiger partial charge in [-0.15, -0.1) is 0 Å². The number of pyridine rings is 1. The van der Waals surface area contributed by atoms with E-state index in [-0.39, 0.29) is 0 Å². The Hall–Kier alpha value is -2.55. The zero-order valence-corrected chi connectivity index (χ0v) is 19.5. The average Bonchev–Trinajstić information content (AvgIpc) is 2.80. The molecular weight excluding hydrogens is 378 g/mol. The van der Waals surface area contributed by atoms with Gasteiger partial charge in [-0.3, -0.25) is 4.98 Å². The normalized spacial score (nSPS) is 11.2. The molecule has 0 fully saturated rings. The molecule has 0 unspecified atom stereocenters. The Morgan fingerprint density at radius 2 is 1.32 bits per heavy atom. The molecule has 1 aromatic carbocycles. The highest BCUT2D eigenvalue weighted by Crippen LogP contribution is 2.21. The number of unbranched alkanes of at least 4 members (excludes halogenated alkanes) is 4. The molecule has 0 spiro atoms. The van der Waals surface area contributed by atoms with Crippen molar-refractivity contribution in [1.29, 1.82) is 0 Å². The van der Waals surface area contributed by atoms with Crippen molar-refractivity contribution >= 4 is 0 Å². The molecule has 2 aromatic heterocycles. The fourth-order valence-corrected chi connectivity index (χ4v) is 3.82. The molecule has 0 amide bonds. The Labute approximate surface area is 188 Å². The minimum Gasteiger partial charge on any atom is -0.253 e. The third-order valence-electron chi connectivity index (χ3n) is 5.81. The molecule has 0 saturated heterocycles. The molecule has 0 bridgehead atoms. The molecule has 0 aliphatic carbocycles. The zero-order chi connectivity index (χ0) is 21.9. The van der Waals surface area contributed by atoms with Gasteiger partial charge in [-0.1, -0.05) is 83.2 Å². The van der Waals surface area contributed by atoms with E-state index >= 15 is 0 Å². The molecule has 3 heteroatoms. The van der Waals surface area contributed by atoms with Crippen molar-refractivity contribution in [2.24, 2.45) is 5.92 Å². The van der Waals surface area contributed by atoms with Gasteiger partial charge in [0.2, 0.25) is 0 Å². The number of hydrogen-bond donors (Lipinski definition) is 0. The Morgan fingerprint density at radius 1 is 0.645 bits per heavy atom. The van der Waals surface area contributed by atoms with Crippen LogP contribution in [0.4, 0.5) is 0 Å². The van der Waals surface area contributed by atoms with Crippen LogP contribution in [-0.2, 0) is 12.8 Å². The lowest BCUT2D eigenvalue weighted by Gasteiger charge is -2.06. The van der Waals surface area contributed by atoms with Crippen LogP contribution in [0.3, 0.4) is 0 Å². The highest BCUT2D eigenvalue weighted by Gasteiger charge is 2.06. The first-order valence-electron chi connectivity index (χ1n) is 12.0. The molecule has 0 radical (unpaired) electrons. The van der Waals surface area contributed by atoms with Gasteiger partial charge in [0.25, 0.3) is 0 Å². The Kier molecular flexibility index (Phi) is 9.20. The molecule has 3 nitrogen and oxygen atoms in total. The van der Waals surface area contributed by atoms with Crippen molar-refractivity contribution in [3.05, 3.63) is 66.1 Å². The van der Waals surface area contributed by atoms with Crippen LogP contribution in [0.15, 0.2) is 55.0 Å². The molecule has 3 rings (SSSR count). The summed E-state index contributed by atoms with van der Waals surface area (Å²) in [6, 6.07) is 13.0. The van der Waals surface area contributed by atoms with E-state index in [4.69, 9.17) is 0 Å². The number of hydrogen-bond acceptors (Lipinski definition) is 3. The van der Waals surface area contributed by atoms with Crippen LogP contribution in [0, 0.1) is 5.92 Å². The quantitative estimate of drug-likeness (QED) is 0.284. The predicted molar refractivity (Wildman–Crippen MR) is 131 cm³/mol. The number of nitrogens with zero attached hydrogens (tertiary/aromatic N) is 3. The summed E-state index contributed by atoms with van der Waals surface area (Å²) in [5, 5.41) is 0. The van der Waals surface area contributed by atoms with Crippen LogP contribution >= 0.6 is 0 Å². The van der Waals surface area contributed by atoms with E-state index in [1.54, 1.807) is 0 Å². The average molecular weight is 416 g/mol. The van der Waals surface area contributed by atoms with Crippen LogP contribution in [0.25, 0.3) is 22.6 Å². The molecule has 0 N–H and O–H groups in total. The summed E-state index contributed by atoms with van der Waals surface area (Å²) in [6.45, 7) is 6.83. The summed E-state index contributed by atoms with van der Waals surface area (Å²) in [6.07, 6.45) is 17.0. The van der Waals surface area contributed by atoms with Gasteiger partial charge in [-0.05, 0) is 54.4 Å². The van der Waals surface area contributed by atoms with Crippen molar-refractivity contribution in [2.45, 2.75) is 78.6 Å². The van der Waals surface area contributed by atoms with Crippen LogP contribution in [0.5, 0.6) is 0 Å². The second-order valence-electron chi connectivity index (χ2n) is 8.99. The lowest BCUT2D eigenvalue weighted by atomic mass is 10.0. The number of rotatable bonds is 12. The molecular formula is C28H37N3. The molecule has 31 heavy (non-hydrogen) atoms. The maximum atomic E-state index is 4.60. The van der Waals surface area contributed by atoms with Crippen molar-refractivity contribution in [3.8, 4) is 22.6 Å². The Bertz CT molecular complexity index is 881. The highest BCUT2D eigenvalue weighted by atomic mass is 14.9. The fourth-order valence-electron chi connectivity index (χ4n) is 3.82. The molecule has 0 aliphatic rings. The summed E-state index contributed by atoms with van der Waals surface area (Å²) >= 11 is 0. The van der Waals surface area contributed by atoms with Gasteiger partial charge in [0.1, 0.15) is 5.69 Å². The first-order chi connectivity index (χ1) is 15.2. The second-order valence-corrected chi connectivity index (χ2v) is 8.99. The number of aryl methyl sites for hydroxylation is 2. The maximum Gasteiger partial charge on any atom is 0.178 e. The number of benzene rings is 1. The van der Waals surface area contributed by atoms with Crippen LogP contribution in [-0.4, -0.2) is 15.0 Å². The van der Waals surface area contributed by atoms with E-state index in [0.29, 0.717) is 5.82 Å².